The van der Waals surface area contributed by atoms with Gasteiger partial charge in [0.25, 0.3) is 0 Å². The molecule has 0 saturated carbocycles. The average molecular weight is 186 g/mol. The minimum atomic E-state index is 0.150. The number of hydrogen-bond donors (Lipinski definition) is 2. The van der Waals surface area contributed by atoms with Crippen LogP contribution in [0.15, 0.2) is 0 Å². The minimum absolute atomic E-state index is 0.150. The van der Waals surface area contributed by atoms with Crippen LogP contribution < -0.4 is 11.5 Å². The summed E-state index contributed by atoms with van der Waals surface area (Å²) < 4.78 is 0. The fourth-order valence-corrected chi connectivity index (χ4v) is 1.47. The predicted octanol–water partition coefficient (Wildman–Crippen LogP) is 0.646. The molecule has 1 unspecified atom stereocenters. The van der Waals surface area contributed by atoms with Crippen molar-refractivity contribution in [3.8, 4) is 0 Å². The molecule has 1 aromatic rings. The molecule has 1 atom stereocenters. The maximum atomic E-state index is 5.86. The molecule has 1 aromatic heterocycles. The van der Waals surface area contributed by atoms with E-state index in [1.165, 1.54) is 11.3 Å². The third kappa shape index (κ3) is 2.42. The van der Waals surface area contributed by atoms with Crippen LogP contribution in [0, 0.1) is 5.92 Å². The summed E-state index contributed by atoms with van der Waals surface area (Å²) in [6, 6.07) is 0.150. The number of hydrogen-bond acceptors (Lipinski definition) is 5. The number of anilines is 1. The summed E-state index contributed by atoms with van der Waals surface area (Å²) in [5.41, 5.74) is 11.3. The second kappa shape index (κ2) is 3.82. The molecule has 0 saturated heterocycles. The predicted molar refractivity (Wildman–Crippen MR) is 50.8 cm³/mol. The molecule has 1 rings (SSSR count). The Hall–Kier alpha value is -0.680. The van der Waals surface area contributed by atoms with Crippen molar-refractivity contribution in [1.29, 1.82) is 0 Å². The highest BCUT2D eigenvalue weighted by molar-refractivity contribution is 7.15. The van der Waals surface area contributed by atoms with E-state index >= 15 is 0 Å². The van der Waals surface area contributed by atoms with Crippen molar-refractivity contribution >= 4 is 16.5 Å². The van der Waals surface area contributed by atoms with Crippen LogP contribution in [0.4, 0.5) is 5.13 Å². The lowest BCUT2D eigenvalue weighted by Crippen LogP contribution is -2.28. The van der Waals surface area contributed by atoms with E-state index in [0.717, 1.165) is 11.4 Å². The topological polar surface area (TPSA) is 77.8 Å². The Morgan fingerprint density at radius 3 is 2.50 bits per heavy atom. The summed E-state index contributed by atoms with van der Waals surface area (Å²) in [4.78, 5) is 0. The van der Waals surface area contributed by atoms with Gasteiger partial charge in [-0.15, -0.1) is 10.2 Å². The number of rotatable bonds is 3. The van der Waals surface area contributed by atoms with Crippen LogP contribution in [0.5, 0.6) is 0 Å². The second-order valence-corrected chi connectivity index (χ2v) is 4.24. The largest absolute Gasteiger partial charge is 0.374 e. The Balaban J connectivity index is 2.52. The third-order valence-corrected chi connectivity index (χ3v) is 2.52. The summed E-state index contributed by atoms with van der Waals surface area (Å²) in [7, 11) is 0. The van der Waals surface area contributed by atoms with Gasteiger partial charge in [0.15, 0.2) is 0 Å². The highest BCUT2D eigenvalue weighted by atomic mass is 32.1. The lowest BCUT2D eigenvalue weighted by atomic mass is 10.0. The van der Waals surface area contributed by atoms with Gasteiger partial charge in [-0.25, -0.2) is 0 Å². The van der Waals surface area contributed by atoms with E-state index in [0.29, 0.717) is 11.0 Å². The monoisotopic (exact) mass is 186 g/mol. The van der Waals surface area contributed by atoms with Crippen LogP contribution in [-0.2, 0) is 6.42 Å². The van der Waals surface area contributed by atoms with Crippen LogP contribution in [0.25, 0.3) is 0 Å². The zero-order valence-electron chi connectivity index (χ0n) is 7.32. The van der Waals surface area contributed by atoms with Crippen molar-refractivity contribution in [1.82, 2.24) is 10.2 Å². The molecule has 68 valence electrons. The molecule has 0 aliphatic carbocycles. The Morgan fingerprint density at radius 2 is 2.08 bits per heavy atom. The SMILES string of the molecule is CC(C)C(N)Cc1nnc(N)s1. The maximum absolute atomic E-state index is 5.86. The van der Waals surface area contributed by atoms with E-state index in [2.05, 4.69) is 24.0 Å². The minimum Gasteiger partial charge on any atom is -0.374 e. The normalized spacial score (nSPS) is 13.7. The Morgan fingerprint density at radius 1 is 1.42 bits per heavy atom. The first-order valence-corrected chi connectivity index (χ1v) is 4.74. The molecule has 4 N–H and O–H groups in total. The van der Waals surface area contributed by atoms with Crippen molar-refractivity contribution in [3.05, 3.63) is 5.01 Å². The molecule has 0 aromatic carbocycles. The number of nitrogens with two attached hydrogens (primary N) is 2. The van der Waals surface area contributed by atoms with Gasteiger partial charge < -0.3 is 11.5 Å². The van der Waals surface area contributed by atoms with Crippen LogP contribution in [0.3, 0.4) is 0 Å². The molecule has 0 aliphatic rings. The Bertz CT molecular complexity index is 245. The van der Waals surface area contributed by atoms with Gasteiger partial charge in [-0.05, 0) is 5.92 Å². The Labute approximate surface area is 76.0 Å². The summed E-state index contributed by atoms with van der Waals surface area (Å²) in [5.74, 6) is 0.468. The summed E-state index contributed by atoms with van der Waals surface area (Å²) >= 11 is 1.41. The van der Waals surface area contributed by atoms with Gasteiger partial charge in [0.1, 0.15) is 5.01 Å². The van der Waals surface area contributed by atoms with Crippen LogP contribution in [-0.4, -0.2) is 16.2 Å². The van der Waals surface area contributed by atoms with Crippen molar-refractivity contribution in [2.24, 2.45) is 11.7 Å². The molecule has 0 aliphatic heterocycles. The van der Waals surface area contributed by atoms with E-state index in [4.69, 9.17) is 11.5 Å². The smallest absolute Gasteiger partial charge is 0.203 e. The first kappa shape index (κ1) is 9.41. The Kier molecular flexibility index (Phi) is 2.99. The van der Waals surface area contributed by atoms with E-state index in [1.807, 2.05) is 0 Å². The molecule has 0 amide bonds. The van der Waals surface area contributed by atoms with E-state index in [9.17, 15) is 0 Å². The van der Waals surface area contributed by atoms with Gasteiger partial charge in [-0.2, -0.15) is 0 Å². The van der Waals surface area contributed by atoms with Crippen LogP contribution in [0.2, 0.25) is 0 Å². The fraction of sp³-hybridized carbons (Fsp3) is 0.714. The van der Waals surface area contributed by atoms with Gasteiger partial charge in [0.05, 0.1) is 0 Å². The zero-order valence-corrected chi connectivity index (χ0v) is 8.14. The quantitative estimate of drug-likeness (QED) is 0.726. The molecular formula is C7H14N4S. The first-order chi connectivity index (χ1) is 5.59. The summed E-state index contributed by atoms with van der Waals surface area (Å²) in [5, 5.41) is 9.06. The lowest BCUT2D eigenvalue weighted by molar-refractivity contribution is 0.488. The third-order valence-electron chi connectivity index (χ3n) is 1.75. The van der Waals surface area contributed by atoms with E-state index in [1.54, 1.807) is 0 Å². The van der Waals surface area contributed by atoms with Crippen LogP contribution >= 0.6 is 11.3 Å². The maximum Gasteiger partial charge on any atom is 0.203 e. The van der Waals surface area contributed by atoms with Gasteiger partial charge in [-0.3, -0.25) is 0 Å². The van der Waals surface area contributed by atoms with E-state index in [-0.39, 0.29) is 6.04 Å². The van der Waals surface area contributed by atoms with E-state index < -0.39 is 0 Å². The van der Waals surface area contributed by atoms with Crippen LogP contribution in [0.1, 0.15) is 18.9 Å². The highest BCUT2D eigenvalue weighted by Crippen LogP contribution is 2.14. The summed E-state index contributed by atoms with van der Waals surface area (Å²) in [6.07, 6.45) is 0.770. The number of nitrogens with zero attached hydrogens (tertiary/aromatic N) is 2. The van der Waals surface area contributed by atoms with Crippen molar-refractivity contribution in [2.45, 2.75) is 26.3 Å². The van der Waals surface area contributed by atoms with Gasteiger partial charge in [0.2, 0.25) is 5.13 Å². The second-order valence-electron chi connectivity index (χ2n) is 3.15. The molecule has 0 radical (unpaired) electrons. The zero-order chi connectivity index (χ0) is 9.14. The van der Waals surface area contributed by atoms with Gasteiger partial charge in [-0.1, -0.05) is 25.2 Å². The summed E-state index contributed by atoms with van der Waals surface area (Å²) in [6.45, 7) is 4.18. The molecule has 5 heteroatoms. The fourth-order valence-electron chi connectivity index (χ4n) is 0.786. The van der Waals surface area contributed by atoms with Gasteiger partial charge >= 0.3 is 0 Å². The molecular weight excluding hydrogens is 172 g/mol. The first-order valence-electron chi connectivity index (χ1n) is 3.93. The lowest BCUT2D eigenvalue weighted by Gasteiger charge is -2.12. The molecule has 0 fully saturated rings. The molecule has 0 spiro atoms. The van der Waals surface area contributed by atoms with Crippen molar-refractivity contribution in [2.75, 3.05) is 5.73 Å². The molecule has 12 heavy (non-hydrogen) atoms. The number of aromatic nitrogens is 2. The average Bonchev–Trinajstić information content (AvgIpc) is 2.35. The number of nitrogen functional groups attached to an aromatic ring is 1. The highest BCUT2D eigenvalue weighted by Gasteiger charge is 2.11. The molecule has 4 nitrogen and oxygen atoms in total. The van der Waals surface area contributed by atoms with Gasteiger partial charge in [0, 0.05) is 12.5 Å². The molecule has 1 heterocycles. The van der Waals surface area contributed by atoms with Crippen molar-refractivity contribution in [3.63, 3.8) is 0 Å². The van der Waals surface area contributed by atoms with Crippen molar-refractivity contribution < 1.29 is 0 Å². The molecule has 0 bridgehead atoms. The standard InChI is InChI=1S/C7H14N4S/c1-4(2)5(8)3-6-10-11-7(9)12-6/h4-5H,3,8H2,1-2H3,(H2,9,11).